The zero-order chi connectivity index (χ0) is 16.8. The molecule has 1 amide bonds. The van der Waals surface area contributed by atoms with Crippen LogP contribution in [0.15, 0.2) is 40.3 Å². The first-order valence-electron chi connectivity index (χ1n) is 7.18. The van der Waals surface area contributed by atoms with Gasteiger partial charge in [-0.25, -0.2) is 0 Å². The lowest BCUT2D eigenvalue weighted by Crippen LogP contribution is -2.34. The second-order valence-electron chi connectivity index (χ2n) is 4.93. The quantitative estimate of drug-likeness (QED) is 0.621. The first-order valence-corrected chi connectivity index (χ1v) is 8.17. The van der Waals surface area contributed by atoms with Crippen molar-refractivity contribution in [2.45, 2.75) is 25.5 Å². The van der Waals surface area contributed by atoms with Crippen molar-refractivity contribution in [3.05, 3.63) is 51.9 Å². The Morgan fingerprint density at radius 3 is 2.65 bits per heavy atom. The fourth-order valence-corrected chi connectivity index (χ4v) is 2.72. The highest BCUT2D eigenvalue weighted by atomic mass is 32.2. The Morgan fingerprint density at radius 1 is 1.30 bits per heavy atom. The predicted octanol–water partition coefficient (Wildman–Crippen LogP) is 0.801. The van der Waals surface area contributed by atoms with E-state index in [1.807, 2.05) is 37.3 Å². The summed E-state index contributed by atoms with van der Waals surface area (Å²) >= 11 is 1.11. The van der Waals surface area contributed by atoms with Gasteiger partial charge >= 0.3 is 0 Å². The predicted molar refractivity (Wildman–Crippen MR) is 89.4 cm³/mol. The maximum atomic E-state index is 12.3. The second kappa shape index (κ2) is 7.77. The third kappa shape index (κ3) is 4.32. The SMILES string of the molecule is CCN(Cc1ccccc1)C(=O)CSc1nnc(C)c(=O)n1N. The average molecular weight is 333 g/mol. The van der Waals surface area contributed by atoms with Gasteiger partial charge < -0.3 is 10.7 Å². The van der Waals surface area contributed by atoms with Crippen molar-refractivity contribution in [3.63, 3.8) is 0 Å². The van der Waals surface area contributed by atoms with Crippen LogP contribution < -0.4 is 11.4 Å². The number of carbonyl (C=O) groups is 1. The summed E-state index contributed by atoms with van der Waals surface area (Å²) in [7, 11) is 0. The maximum absolute atomic E-state index is 12.3. The summed E-state index contributed by atoms with van der Waals surface area (Å²) < 4.78 is 0.924. The van der Waals surface area contributed by atoms with Gasteiger partial charge in [-0.05, 0) is 19.4 Å². The number of hydrogen-bond donors (Lipinski definition) is 1. The minimum Gasteiger partial charge on any atom is -0.338 e. The lowest BCUT2D eigenvalue weighted by atomic mass is 10.2. The molecule has 0 saturated heterocycles. The summed E-state index contributed by atoms with van der Waals surface area (Å²) in [6.45, 7) is 4.61. The molecule has 1 heterocycles. The number of aromatic nitrogens is 3. The number of hydrogen-bond acceptors (Lipinski definition) is 6. The van der Waals surface area contributed by atoms with E-state index in [-0.39, 0.29) is 22.5 Å². The Balaban J connectivity index is 2.00. The molecule has 2 N–H and O–H groups in total. The van der Waals surface area contributed by atoms with Crippen LogP contribution >= 0.6 is 11.8 Å². The van der Waals surface area contributed by atoms with Crippen molar-refractivity contribution in [1.29, 1.82) is 0 Å². The Morgan fingerprint density at radius 2 is 2.00 bits per heavy atom. The Hall–Kier alpha value is -2.35. The molecule has 0 radical (unpaired) electrons. The number of aryl methyl sites for hydroxylation is 1. The van der Waals surface area contributed by atoms with Crippen molar-refractivity contribution in [2.24, 2.45) is 0 Å². The lowest BCUT2D eigenvalue weighted by Gasteiger charge is -2.20. The molecular formula is C15H19N5O2S. The number of nitrogens with two attached hydrogens (primary N) is 1. The number of nitrogen functional groups attached to an aromatic ring is 1. The Bertz CT molecular complexity index is 732. The number of rotatable bonds is 6. The average Bonchev–Trinajstić information content (AvgIpc) is 2.57. The van der Waals surface area contributed by atoms with Gasteiger partial charge in [-0.15, -0.1) is 10.2 Å². The van der Waals surface area contributed by atoms with Crippen LogP contribution in [0, 0.1) is 6.92 Å². The van der Waals surface area contributed by atoms with Crippen molar-refractivity contribution in [1.82, 2.24) is 19.8 Å². The zero-order valence-corrected chi connectivity index (χ0v) is 13.9. The topological polar surface area (TPSA) is 94.1 Å². The Labute approximate surface area is 138 Å². The van der Waals surface area contributed by atoms with Gasteiger partial charge in [-0.1, -0.05) is 42.1 Å². The van der Waals surface area contributed by atoms with Crippen molar-refractivity contribution in [2.75, 3.05) is 18.1 Å². The van der Waals surface area contributed by atoms with E-state index in [1.165, 1.54) is 6.92 Å². The molecule has 2 rings (SSSR count). The molecule has 1 aromatic heterocycles. The molecule has 0 aliphatic rings. The molecule has 1 aromatic carbocycles. The smallest absolute Gasteiger partial charge is 0.294 e. The first kappa shape index (κ1) is 17.0. The van der Waals surface area contributed by atoms with Gasteiger partial charge in [-0.2, -0.15) is 4.68 Å². The number of benzene rings is 1. The molecule has 0 aliphatic carbocycles. The van der Waals surface area contributed by atoms with Crippen LogP contribution in [-0.4, -0.2) is 38.0 Å². The van der Waals surface area contributed by atoms with Crippen LogP contribution in [-0.2, 0) is 11.3 Å². The molecule has 0 spiro atoms. The molecule has 2 aromatic rings. The van der Waals surface area contributed by atoms with Gasteiger partial charge in [0.1, 0.15) is 5.69 Å². The van der Waals surface area contributed by atoms with Gasteiger partial charge in [0.25, 0.3) is 5.56 Å². The van der Waals surface area contributed by atoms with Gasteiger partial charge in [-0.3, -0.25) is 9.59 Å². The van der Waals surface area contributed by atoms with Crippen molar-refractivity contribution < 1.29 is 4.79 Å². The summed E-state index contributed by atoms with van der Waals surface area (Å²) in [4.78, 5) is 25.8. The number of thioether (sulfide) groups is 1. The molecule has 0 aliphatic heterocycles. The molecule has 0 unspecified atom stereocenters. The van der Waals surface area contributed by atoms with E-state index in [0.29, 0.717) is 13.1 Å². The number of carbonyl (C=O) groups excluding carboxylic acids is 1. The molecule has 23 heavy (non-hydrogen) atoms. The molecular weight excluding hydrogens is 314 g/mol. The van der Waals surface area contributed by atoms with Crippen LogP contribution in [0.25, 0.3) is 0 Å². The Kier molecular flexibility index (Phi) is 5.75. The highest BCUT2D eigenvalue weighted by Gasteiger charge is 2.15. The fraction of sp³-hybridized carbons (Fsp3) is 0.333. The summed E-state index contributed by atoms with van der Waals surface area (Å²) in [5, 5.41) is 7.83. The van der Waals surface area contributed by atoms with E-state index in [2.05, 4.69) is 10.2 Å². The summed E-state index contributed by atoms with van der Waals surface area (Å²) in [5.74, 6) is 5.76. The van der Waals surface area contributed by atoms with E-state index in [9.17, 15) is 9.59 Å². The van der Waals surface area contributed by atoms with Gasteiger partial charge in [0, 0.05) is 13.1 Å². The summed E-state index contributed by atoms with van der Waals surface area (Å²) in [6.07, 6.45) is 0. The molecule has 0 saturated carbocycles. The third-order valence-corrected chi connectivity index (χ3v) is 4.22. The number of amides is 1. The lowest BCUT2D eigenvalue weighted by molar-refractivity contribution is -0.128. The van der Waals surface area contributed by atoms with E-state index < -0.39 is 5.56 Å². The molecule has 0 fully saturated rings. The second-order valence-corrected chi connectivity index (χ2v) is 5.87. The van der Waals surface area contributed by atoms with Crippen LogP contribution in [0.1, 0.15) is 18.2 Å². The normalized spacial score (nSPS) is 10.5. The highest BCUT2D eigenvalue weighted by molar-refractivity contribution is 7.99. The van der Waals surface area contributed by atoms with E-state index in [1.54, 1.807) is 4.90 Å². The van der Waals surface area contributed by atoms with Crippen LogP contribution in [0.5, 0.6) is 0 Å². The van der Waals surface area contributed by atoms with E-state index >= 15 is 0 Å². The monoisotopic (exact) mass is 333 g/mol. The zero-order valence-electron chi connectivity index (χ0n) is 13.1. The molecule has 122 valence electrons. The van der Waals surface area contributed by atoms with Gasteiger partial charge in [0.05, 0.1) is 5.75 Å². The van der Waals surface area contributed by atoms with Crippen LogP contribution in [0.4, 0.5) is 0 Å². The third-order valence-electron chi connectivity index (χ3n) is 3.30. The summed E-state index contributed by atoms with van der Waals surface area (Å²) in [5.41, 5.74) is 0.882. The highest BCUT2D eigenvalue weighted by Crippen LogP contribution is 2.13. The minimum atomic E-state index is -0.411. The van der Waals surface area contributed by atoms with Crippen molar-refractivity contribution >= 4 is 17.7 Å². The van der Waals surface area contributed by atoms with Crippen LogP contribution in [0.2, 0.25) is 0 Å². The van der Waals surface area contributed by atoms with Gasteiger partial charge in [0.2, 0.25) is 11.1 Å². The molecule has 7 nitrogen and oxygen atoms in total. The summed E-state index contributed by atoms with van der Waals surface area (Å²) in [6, 6.07) is 9.78. The van der Waals surface area contributed by atoms with Crippen LogP contribution in [0.3, 0.4) is 0 Å². The maximum Gasteiger partial charge on any atom is 0.294 e. The largest absolute Gasteiger partial charge is 0.338 e. The molecule has 0 bridgehead atoms. The van der Waals surface area contributed by atoms with Gasteiger partial charge in [0.15, 0.2) is 0 Å². The first-order chi connectivity index (χ1) is 11.0. The molecule has 0 atom stereocenters. The number of nitrogens with zero attached hydrogens (tertiary/aromatic N) is 4. The minimum absolute atomic E-state index is 0.0452. The fourth-order valence-electron chi connectivity index (χ4n) is 1.97. The van der Waals surface area contributed by atoms with Crippen molar-refractivity contribution in [3.8, 4) is 0 Å². The standard InChI is InChI=1S/C15H19N5O2S/c1-3-19(9-12-7-5-4-6-8-12)13(21)10-23-15-18-17-11(2)14(22)20(15)16/h4-8H,3,9-10,16H2,1-2H3. The van der Waals surface area contributed by atoms with E-state index in [0.717, 1.165) is 22.0 Å². The molecule has 8 heteroatoms. The van der Waals surface area contributed by atoms with E-state index in [4.69, 9.17) is 5.84 Å².